The van der Waals surface area contributed by atoms with Gasteiger partial charge in [-0.25, -0.2) is 8.42 Å². The quantitative estimate of drug-likeness (QED) is 0.796. The Bertz CT molecular complexity index is 1080. The van der Waals surface area contributed by atoms with Gasteiger partial charge in [0.2, 0.25) is 15.9 Å². The zero-order valence-corrected chi connectivity index (χ0v) is 16.7. The van der Waals surface area contributed by atoms with Gasteiger partial charge in [-0.05, 0) is 55.7 Å². The summed E-state index contributed by atoms with van der Waals surface area (Å²) in [6.45, 7) is 2.07. The Morgan fingerprint density at radius 3 is 2.86 bits per heavy atom. The Morgan fingerprint density at radius 1 is 1.24 bits per heavy atom. The number of anilines is 2. The summed E-state index contributed by atoms with van der Waals surface area (Å²) in [6.07, 6.45) is 1.04. The lowest BCUT2D eigenvalue weighted by Gasteiger charge is -2.24. The van der Waals surface area contributed by atoms with Gasteiger partial charge in [-0.1, -0.05) is 12.1 Å². The van der Waals surface area contributed by atoms with Crippen molar-refractivity contribution < 1.29 is 22.7 Å². The monoisotopic (exact) mass is 415 g/mol. The van der Waals surface area contributed by atoms with Crippen molar-refractivity contribution in [1.29, 1.82) is 0 Å². The highest BCUT2D eigenvalue weighted by molar-refractivity contribution is 7.89. The van der Waals surface area contributed by atoms with Crippen molar-refractivity contribution in [3.63, 3.8) is 0 Å². The highest BCUT2D eigenvalue weighted by Crippen LogP contribution is 2.33. The molecular weight excluding hydrogens is 394 g/mol. The van der Waals surface area contributed by atoms with Crippen molar-refractivity contribution in [3.8, 4) is 5.75 Å². The predicted octanol–water partition coefficient (Wildman–Crippen LogP) is 2.12. The molecule has 8 nitrogen and oxygen atoms in total. The highest BCUT2D eigenvalue weighted by Gasteiger charge is 2.39. The van der Waals surface area contributed by atoms with Crippen LogP contribution in [0.15, 0.2) is 47.4 Å². The maximum Gasteiger partial charge on any atom is 0.262 e. The fourth-order valence-electron chi connectivity index (χ4n) is 3.60. The molecule has 0 aliphatic carbocycles. The van der Waals surface area contributed by atoms with Crippen LogP contribution < -0.4 is 15.4 Å². The maximum atomic E-state index is 13.2. The van der Waals surface area contributed by atoms with Gasteiger partial charge in [-0.3, -0.25) is 9.59 Å². The van der Waals surface area contributed by atoms with E-state index < -0.39 is 16.1 Å². The number of rotatable bonds is 4. The van der Waals surface area contributed by atoms with Crippen molar-refractivity contribution in [3.05, 3.63) is 48.0 Å². The molecule has 0 aromatic heterocycles. The summed E-state index contributed by atoms with van der Waals surface area (Å²) < 4.78 is 32.9. The number of nitrogens with zero attached hydrogens (tertiary/aromatic N) is 1. The minimum Gasteiger partial charge on any atom is -0.482 e. The molecule has 1 fully saturated rings. The van der Waals surface area contributed by atoms with Crippen LogP contribution in [0.2, 0.25) is 0 Å². The number of carbonyl (C=O) groups excluding carboxylic acids is 2. The molecule has 2 aromatic carbocycles. The first kappa shape index (κ1) is 19.4. The number of ether oxygens (including phenoxy) is 1. The SMILES string of the molecule is Cc1cccc(NC(=O)C2CCCN2S(=O)(=O)c2ccc3c(c2)NC(=O)CO3)c1. The summed E-state index contributed by atoms with van der Waals surface area (Å²) in [5.41, 5.74) is 1.94. The van der Waals surface area contributed by atoms with Crippen molar-refractivity contribution in [2.45, 2.75) is 30.7 Å². The van der Waals surface area contributed by atoms with Gasteiger partial charge < -0.3 is 15.4 Å². The largest absolute Gasteiger partial charge is 0.482 e. The number of benzene rings is 2. The number of nitrogens with one attached hydrogen (secondary N) is 2. The zero-order chi connectivity index (χ0) is 20.6. The Hall–Kier alpha value is -2.91. The minimum atomic E-state index is -3.92. The van der Waals surface area contributed by atoms with E-state index in [1.807, 2.05) is 25.1 Å². The van der Waals surface area contributed by atoms with E-state index in [4.69, 9.17) is 4.74 Å². The Morgan fingerprint density at radius 2 is 2.07 bits per heavy atom. The number of aryl methyl sites for hydroxylation is 1. The van der Waals surface area contributed by atoms with Gasteiger partial charge in [-0.15, -0.1) is 0 Å². The molecule has 29 heavy (non-hydrogen) atoms. The van der Waals surface area contributed by atoms with E-state index in [9.17, 15) is 18.0 Å². The summed E-state index contributed by atoms with van der Waals surface area (Å²) in [5, 5.41) is 5.42. The van der Waals surface area contributed by atoms with Gasteiger partial charge in [0.25, 0.3) is 5.91 Å². The molecule has 0 spiro atoms. The van der Waals surface area contributed by atoms with Crippen LogP contribution in [-0.4, -0.2) is 43.7 Å². The number of fused-ring (bicyclic) bond motifs is 1. The van der Waals surface area contributed by atoms with E-state index in [0.717, 1.165) is 5.56 Å². The van der Waals surface area contributed by atoms with Crippen LogP contribution in [0.5, 0.6) is 5.75 Å². The smallest absolute Gasteiger partial charge is 0.262 e. The van der Waals surface area contributed by atoms with E-state index in [1.54, 1.807) is 6.07 Å². The Balaban J connectivity index is 1.58. The maximum absolute atomic E-state index is 13.2. The number of sulfonamides is 1. The molecule has 1 unspecified atom stereocenters. The van der Waals surface area contributed by atoms with Gasteiger partial charge in [0.1, 0.15) is 11.8 Å². The first-order chi connectivity index (χ1) is 13.8. The van der Waals surface area contributed by atoms with Crippen LogP contribution >= 0.6 is 0 Å². The van der Waals surface area contributed by atoms with Gasteiger partial charge in [0, 0.05) is 12.2 Å². The molecule has 0 radical (unpaired) electrons. The number of carbonyl (C=O) groups is 2. The first-order valence-corrected chi connectivity index (χ1v) is 10.7. The number of hydrogen-bond acceptors (Lipinski definition) is 5. The number of hydrogen-bond donors (Lipinski definition) is 2. The molecule has 2 aromatic rings. The lowest BCUT2D eigenvalue weighted by atomic mass is 10.2. The second-order valence-electron chi connectivity index (χ2n) is 7.13. The molecule has 1 atom stereocenters. The molecule has 1 saturated heterocycles. The molecule has 0 saturated carbocycles. The van der Waals surface area contributed by atoms with E-state index in [0.29, 0.717) is 30.0 Å². The summed E-state index contributed by atoms with van der Waals surface area (Å²) >= 11 is 0. The van der Waals surface area contributed by atoms with E-state index in [-0.39, 0.29) is 29.9 Å². The molecule has 2 aliphatic rings. The fourth-order valence-corrected chi connectivity index (χ4v) is 5.28. The van der Waals surface area contributed by atoms with E-state index >= 15 is 0 Å². The summed E-state index contributed by atoms with van der Waals surface area (Å²) in [6, 6.07) is 10.9. The molecule has 4 rings (SSSR count). The summed E-state index contributed by atoms with van der Waals surface area (Å²) in [7, 11) is -3.92. The van der Waals surface area contributed by atoms with Crippen molar-refractivity contribution in [2.24, 2.45) is 0 Å². The normalized spacial score (nSPS) is 19.2. The second kappa shape index (κ2) is 7.49. The van der Waals surface area contributed by atoms with E-state index in [2.05, 4.69) is 10.6 Å². The third-order valence-corrected chi connectivity index (χ3v) is 6.89. The van der Waals surface area contributed by atoms with Crippen molar-refractivity contribution in [1.82, 2.24) is 4.31 Å². The second-order valence-corrected chi connectivity index (χ2v) is 9.02. The molecule has 0 bridgehead atoms. The third-order valence-electron chi connectivity index (χ3n) is 4.98. The van der Waals surface area contributed by atoms with Crippen molar-refractivity contribution >= 4 is 33.2 Å². The highest BCUT2D eigenvalue weighted by atomic mass is 32.2. The molecular formula is C20H21N3O5S. The van der Waals surface area contributed by atoms with Crippen LogP contribution in [-0.2, 0) is 19.6 Å². The standard InChI is InChI=1S/C20H21N3O5S/c1-13-4-2-5-14(10-13)21-20(25)17-6-3-9-23(17)29(26,27)15-7-8-18-16(11-15)22-19(24)12-28-18/h2,4-5,7-8,10-11,17H,3,6,9,12H2,1H3,(H,21,25)(H,22,24). The fraction of sp³-hybridized carbons (Fsp3) is 0.300. The van der Waals surface area contributed by atoms with Crippen LogP contribution in [0.1, 0.15) is 18.4 Å². The minimum absolute atomic E-state index is 0.0114. The number of amides is 2. The topological polar surface area (TPSA) is 105 Å². The van der Waals surface area contributed by atoms with Gasteiger partial charge in [0.05, 0.1) is 10.6 Å². The van der Waals surface area contributed by atoms with Crippen LogP contribution in [0.25, 0.3) is 0 Å². The average molecular weight is 415 g/mol. The first-order valence-electron chi connectivity index (χ1n) is 9.31. The molecule has 152 valence electrons. The molecule has 2 amide bonds. The molecule has 2 aliphatic heterocycles. The molecule has 2 heterocycles. The molecule has 2 N–H and O–H groups in total. The van der Waals surface area contributed by atoms with Crippen LogP contribution in [0.3, 0.4) is 0 Å². The summed E-state index contributed by atoms with van der Waals surface area (Å²) in [4.78, 5) is 24.3. The van der Waals surface area contributed by atoms with Crippen LogP contribution in [0, 0.1) is 6.92 Å². The van der Waals surface area contributed by atoms with Gasteiger partial charge in [-0.2, -0.15) is 4.31 Å². The Kier molecular flexibility index (Phi) is 5.01. The lowest BCUT2D eigenvalue weighted by molar-refractivity contribution is -0.119. The Labute approximate surface area is 168 Å². The van der Waals surface area contributed by atoms with Crippen LogP contribution in [0.4, 0.5) is 11.4 Å². The third kappa shape index (κ3) is 3.83. The lowest BCUT2D eigenvalue weighted by Crippen LogP contribution is -2.43. The average Bonchev–Trinajstić information content (AvgIpc) is 3.18. The summed E-state index contributed by atoms with van der Waals surface area (Å²) in [5.74, 6) is -0.284. The van der Waals surface area contributed by atoms with Gasteiger partial charge >= 0.3 is 0 Å². The zero-order valence-electron chi connectivity index (χ0n) is 15.8. The van der Waals surface area contributed by atoms with Gasteiger partial charge in [0.15, 0.2) is 6.61 Å². The van der Waals surface area contributed by atoms with E-state index in [1.165, 1.54) is 22.5 Å². The van der Waals surface area contributed by atoms with Crippen molar-refractivity contribution in [2.75, 3.05) is 23.8 Å². The molecule has 9 heteroatoms. The predicted molar refractivity (Wildman–Crippen MR) is 107 cm³/mol.